The minimum absolute atomic E-state index is 0.0122. The first kappa shape index (κ1) is 17.3. The number of sulfone groups is 1. The third-order valence-corrected chi connectivity index (χ3v) is 5.72. The van der Waals surface area contributed by atoms with Crippen LogP contribution in [0.5, 0.6) is 0 Å². The van der Waals surface area contributed by atoms with Crippen molar-refractivity contribution in [3.8, 4) is 0 Å². The van der Waals surface area contributed by atoms with Gasteiger partial charge in [0.25, 0.3) is 0 Å². The highest BCUT2D eigenvalue weighted by Gasteiger charge is 2.35. The van der Waals surface area contributed by atoms with E-state index >= 15 is 0 Å². The van der Waals surface area contributed by atoms with E-state index in [0.29, 0.717) is 24.8 Å². The lowest BCUT2D eigenvalue weighted by atomic mass is 9.86. The lowest BCUT2D eigenvalue weighted by Gasteiger charge is -2.26. The Kier molecular flexibility index (Phi) is 5.20. The molecule has 0 aromatic carbocycles. The Balaban J connectivity index is 1.78. The Morgan fingerprint density at radius 1 is 1.23 bits per heavy atom. The zero-order chi connectivity index (χ0) is 16.4. The van der Waals surface area contributed by atoms with E-state index in [1.807, 2.05) is 18.7 Å². The van der Waals surface area contributed by atoms with Gasteiger partial charge in [-0.15, -0.1) is 0 Å². The molecule has 0 bridgehead atoms. The van der Waals surface area contributed by atoms with Crippen LogP contribution in [-0.4, -0.2) is 51.0 Å². The third kappa shape index (κ3) is 5.00. The summed E-state index contributed by atoms with van der Waals surface area (Å²) in [6.45, 7) is 6.17. The average molecular weight is 328 g/mol. The lowest BCUT2D eigenvalue weighted by molar-refractivity contribution is 0.199. The number of carbonyl (C=O) groups excluding carboxylic acids is 1. The van der Waals surface area contributed by atoms with Crippen molar-refractivity contribution in [3.05, 3.63) is 12.2 Å². The monoisotopic (exact) mass is 328 g/mol. The number of amides is 2. The van der Waals surface area contributed by atoms with E-state index in [1.165, 1.54) is 6.26 Å². The molecule has 0 saturated carbocycles. The van der Waals surface area contributed by atoms with Gasteiger partial charge in [-0.05, 0) is 36.5 Å². The molecule has 2 aliphatic rings. The van der Waals surface area contributed by atoms with E-state index in [9.17, 15) is 13.2 Å². The molecule has 2 atom stereocenters. The van der Waals surface area contributed by atoms with E-state index in [4.69, 9.17) is 0 Å². The van der Waals surface area contributed by atoms with Crippen molar-refractivity contribution in [2.24, 2.45) is 17.3 Å². The van der Waals surface area contributed by atoms with Gasteiger partial charge in [-0.3, -0.25) is 0 Å². The number of rotatable bonds is 5. The molecule has 1 saturated heterocycles. The maximum atomic E-state index is 12.3. The Morgan fingerprint density at radius 3 is 2.27 bits per heavy atom. The summed E-state index contributed by atoms with van der Waals surface area (Å²) in [5.41, 5.74) is -0.215. The summed E-state index contributed by atoms with van der Waals surface area (Å²) in [5, 5.41) is 2.98. The first-order chi connectivity index (χ1) is 10.2. The van der Waals surface area contributed by atoms with Gasteiger partial charge in [0.05, 0.1) is 5.75 Å². The van der Waals surface area contributed by atoms with Gasteiger partial charge in [0, 0.05) is 25.9 Å². The molecule has 1 N–H and O–H groups in total. The number of nitrogens with one attached hydrogen (secondary N) is 1. The summed E-state index contributed by atoms with van der Waals surface area (Å²) in [6, 6.07) is -0.0122. The van der Waals surface area contributed by atoms with E-state index in [-0.39, 0.29) is 17.2 Å². The molecular weight excluding hydrogens is 300 g/mol. The maximum Gasteiger partial charge on any atom is 0.317 e. The van der Waals surface area contributed by atoms with E-state index in [1.54, 1.807) is 0 Å². The number of urea groups is 1. The standard InChI is InChI=1S/C16H28N2O3S/c1-16(2,8-9-22(3,20)21)12-17-15(19)18-10-13-6-4-5-7-14(13)11-18/h4-5,13-14H,6-12H2,1-3H3,(H,17,19)/t13-,14+. The minimum atomic E-state index is -2.96. The van der Waals surface area contributed by atoms with E-state index < -0.39 is 9.84 Å². The highest BCUT2D eigenvalue weighted by molar-refractivity contribution is 7.90. The third-order valence-electron chi connectivity index (χ3n) is 4.78. The number of likely N-dealkylation sites (tertiary alicyclic amines) is 1. The summed E-state index contributed by atoms with van der Waals surface area (Å²) < 4.78 is 22.5. The molecule has 1 fully saturated rings. The summed E-state index contributed by atoms with van der Waals surface area (Å²) in [4.78, 5) is 14.2. The molecule has 2 amide bonds. The van der Waals surface area contributed by atoms with Crippen molar-refractivity contribution < 1.29 is 13.2 Å². The van der Waals surface area contributed by atoms with Crippen LogP contribution in [0, 0.1) is 17.3 Å². The van der Waals surface area contributed by atoms with Crippen molar-refractivity contribution in [2.75, 3.05) is 31.6 Å². The molecule has 5 nitrogen and oxygen atoms in total. The molecular formula is C16H28N2O3S. The van der Waals surface area contributed by atoms with Crippen LogP contribution in [0.1, 0.15) is 33.1 Å². The van der Waals surface area contributed by atoms with Crippen molar-refractivity contribution in [1.29, 1.82) is 0 Å². The fourth-order valence-electron chi connectivity index (χ4n) is 3.16. The molecule has 1 heterocycles. The molecule has 1 aliphatic carbocycles. The predicted octanol–water partition coefficient (Wildman–Crippen LogP) is 2.05. The van der Waals surface area contributed by atoms with Crippen LogP contribution in [0.4, 0.5) is 4.79 Å². The second kappa shape index (κ2) is 6.60. The Labute approximate surface area is 134 Å². The molecule has 22 heavy (non-hydrogen) atoms. The fourth-order valence-corrected chi connectivity index (χ4v) is 4.08. The molecule has 6 heteroatoms. The van der Waals surface area contributed by atoms with Gasteiger partial charge >= 0.3 is 6.03 Å². The minimum Gasteiger partial charge on any atom is -0.337 e. The van der Waals surface area contributed by atoms with Gasteiger partial charge in [0.1, 0.15) is 9.84 Å². The molecule has 0 unspecified atom stereocenters. The molecule has 126 valence electrons. The number of nitrogens with zero attached hydrogens (tertiary/aromatic N) is 1. The second-order valence-corrected chi connectivity index (χ2v) is 9.83. The SMILES string of the molecule is CC(C)(CCS(C)(=O)=O)CNC(=O)N1C[C@H]2CC=CC[C@H]2C1. The zero-order valence-electron chi connectivity index (χ0n) is 13.8. The van der Waals surface area contributed by atoms with Crippen LogP contribution in [0.2, 0.25) is 0 Å². The smallest absolute Gasteiger partial charge is 0.317 e. The lowest BCUT2D eigenvalue weighted by Crippen LogP contribution is -2.43. The molecule has 0 spiro atoms. The van der Waals surface area contributed by atoms with Crippen LogP contribution in [0.25, 0.3) is 0 Å². The largest absolute Gasteiger partial charge is 0.337 e. The number of hydrogen-bond donors (Lipinski definition) is 1. The van der Waals surface area contributed by atoms with Gasteiger partial charge in [0.2, 0.25) is 0 Å². The molecule has 0 aromatic rings. The summed E-state index contributed by atoms with van der Waals surface area (Å²) in [5.74, 6) is 1.37. The van der Waals surface area contributed by atoms with Gasteiger partial charge < -0.3 is 10.2 Å². The molecule has 1 aliphatic heterocycles. The molecule has 0 aromatic heterocycles. The quantitative estimate of drug-likeness (QED) is 0.786. The fraction of sp³-hybridized carbons (Fsp3) is 0.812. The summed E-state index contributed by atoms with van der Waals surface area (Å²) in [7, 11) is -2.96. The maximum absolute atomic E-state index is 12.3. The van der Waals surface area contributed by atoms with Crippen LogP contribution in [0.15, 0.2) is 12.2 Å². The van der Waals surface area contributed by atoms with Crippen molar-refractivity contribution in [2.45, 2.75) is 33.1 Å². The second-order valence-electron chi connectivity index (χ2n) is 7.57. The first-order valence-corrected chi connectivity index (χ1v) is 10.1. The highest BCUT2D eigenvalue weighted by Crippen LogP contribution is 2.32. The Hall–Kier alpha value is -1.04. The van der Waals surface area contributed by atoms with Gasteiger partial charge in [-0.1, -0.05) is 26.0 Å². The number of fused-ring (bicyclic) bond motifs is 1. The van der Waals surface area contributed by atoms with Crippen molar-refractivity contribution in [1.82, 2.24) is 10.2 Å². The Bertz CT molecular complexity index is 524. The van der Waals surface area contributed by atoms with Crippen molar-refractivity contribution in [3.63, 3.8) is 0 Å². The number of carbonyl (C=O) groups is 1. The topological polar surface area (TPSA) is 66.5 Å². The van der Waals surface area contributed by atoms with Crippen LogP contribution in [0.3, 0.4) is 0 Å². The van der Waals surface area contributed by atoms with Gasteiger partial charge in [-0.2, -0.15) is 0 Å². The van der Waals surface area contributed by atoms with Gasteiger partial charge in [0.15, 0.2) is 0 Å². The van der Waals surface area contributed by atoms with E-state index in [2.05, 4.69) is 17.5 Å². The van der Waals surface area contributed by atoms with Crippen LogP contribution >= 0.6 is 0 Å². The van der Waals surface area contributed by atoms with Crippen molar-refractivity contribution >= 4 is 15.9 Å². The van der Waals surface area contributed by atoms with Crippen LogP contribution in [-0.2, 0) is 9.84 Å². The van der Waals surface area contributed by atoms with Gasteiger partial charge in [-0.25, -0.2) is 13.2 Å². The summed E-state index contributed by atoms with van der Waals surface area (Å²) in [6.07, 6.45) is 8.40. The normalized spacial score (nSPS) is 25.1. The average Bonchev–Trinajstić information content (AvgIpc) is 2.86. The molecule has 0 radical (unpaired) electrons. The summed E-state index contributed by atoms with van der Waals surface area (Å²) >= 11 is 0. The predicted molar refractivity (Wildman–Crippen MR) is 88.4 cm³/mol. The Morgan fingerprint density at radius 2 is 1.77 bits per heavy atom. The van der Waals surface area contributed by atoms with E-state index in [0.717, 1.165) is 25.9 Å². The highest BCUT2D eigenvalue weighted by atomic mass is 32.2. The zero-order valence-corrected chi connectivity index (χ0v) is 14.7. The first-order valence-electron chi connectivity index (χ1n) is 8.02. The molecule has 2 rings (SSSR count). The van der Waals surface area contributed by atoms with Crippen LogP contribution < -0.4 is 5.32 Å². The number of allylic oxidation sites excluding steroid dienone is 2. The number of hydrogen-bond acceptors (Lipinski definition) is 3.